The van der Waals surface area contributed by atoms with Crippen LogP contribution in [0.1, 0.15) is 309 Å². The average Bonchev–Trinajstić information content (AvgIpc) is 3.34. The Morgan fingerprint density at radius 1 is 0.353 bits per heavy atom. The van der Waals surface area contributed by atoms with Gasteiger partial charge in [-0.1, -0.05) is 292 Å². The Morgan fingerprint density at radius 2 is 0.618 bits per heavy atom. The van der Waals surface area contributed by atoms with Crippen molar-refractivity contribution >= 4 is 5.91 Å². The number of carbonyl (C=O) groups is 1. The van der Waals surface area contributed by atoms with E-state index in [4.69, 9.17) is 0 Å². The second-order valence-corrected chi connectivity index (χ2v) is 20.4. The maximum atomic E-state index is 12.5. The zero-order valence-corrected chi connectivity index (χ0v) is 45.6. The number of carbonyl (C=O) groups excluding carboxylic acids is 1. The van der Waals surface area contributed by atoms with Crippen molar-refractivity contribution in [2.75, 3.05) is 6.61 Å². The summed E-state index contributed by atoms with van der Waals surface area (Å²) in [7, 11) is 0. The summed E-state index contributed by atoms with van der Waals surface area (Å²) in [6.45, 7) is 4.30. The normalized spacial score (nSPS) is 13.3. The molecular weight excluding hydrogens is 831 g/mol. The Kier molecular flexibility index (Phi) is 57.3. The molecular formula is C64H117NO3. The van der Waals surface area contributed by atoms with Gasteiger partial charge in [-0.2, -0.15) is 0 Å². The zero-order chi connectivity index (χ0) is 49.2. The minimum atomic E-state index is -0.873. The number of hydrogen-bond acceptors (Lipinski definition) is 3. The van der Waals surface area contributed by atoms with E-state index in [2.05, 4.69) is 79.9 Å². The molecule has 0 bridgehead atoms. The summed E-state index contributed by atoms with van der Waals surface area (Å²) in [5.74, 6) is -0.0755. The summed E-state index contributed by atoms with van der Waals surface area (Å²) in [6.07, 6.45) is 85.1. The fourth-order valence-corrected chi connectivity index (χ4v) is 9.04. The van der Waals surface area contributed by atoms with Gasteiger partial charge in [0.05, 0.1) is 18.8 Å². The molecule has 0 fully saturated rings. The minimum Gasteiger partial charge on any atom is -0.394 e. The number of rotatable bonds is 55. The molecule has 396 valence electrons. The quantitative estimate of drug-likeness (QED) is 0.0420. The van der Waals surface area contributed by atoms with Crippen molar-refractivity contribution in [3.8, 4) is 0 Å². The molecule has 0 aromatic rings. The highest BCUT2D eigenvalue weighted by atomic mass is 16.3. The summed E-state index contributed by atoms with van der Waals surface area (Å²) in [4.78, 5) is 12.5. The molecule has 0 saturated carbocycles. The molecule has 2 atom stereocenters. The highest BCUT2D eigenvalue weighted by Crippen LogP contribution is 2.17. The topological polar surface area (TPSA) is 69.6 Å². The number of amides is 1. The van der Waals surface area contributed by atoms with Gasteiger partial charge in [0, 0.05) is 6.42 Å². The summed E-state index contributed by atoms with van der Waals surface area (Å²) in [5, 5.41) is 23.2. The lowest BCUT2D eigenvalue weighted by Gasteiger charge is -2.19. The first-order valence-electron chi connectivity index (χ1n) is 30.2. The Hall–Kier alpha value is -2.17. The van der Waals surface area contributed by atoms with Gasteiger partial charge in [-0.25, -0.2) is 0 Å². The van der Waals surface area contributed by atoms with Gasteiger partial charge in [0.25, 0.3) is 0 Å². The molecule has 0 aromatic heterocycles. The van der Waals surface area contributed by atoms with Gasteiger partial charge in [-0.05, 0) is 83.5 Å². The molecule has 0 aromatic carbocycles. The molecule has 0 radical (unpaired) electrons. The van der Waals surface area contributed by atoms with E-state index in [9.17, 15) is 15.0 Å². The van der Waals surface area contributed by atoms with E-state index >= 15 is 0 Å². The van der Waals surface area contributed by atoms with Gasteiger partial charge in [0.2, 0.25) is 5.91 Å². The van der Waals surface area contributed by atoms with Crippen LogP contribution in [0.2, 0.25) is 0 Å². The van der Waals surface area contributed by atoms with E-state index in [-0.39, 0.29) is 12.5 Å². The third-order valence-corrected chi connectivity index (χ3v) is 13.6. The van der Waals surface area contributed by atoms with E-state index in [1.54, 1.807) is 6.08 Å². The van der Waals surface area contributed by atoms with E-state index in [1.807, 2.05) is 6.08 Å². The van der Waals surface area contributed by atoms with Crippen molar-refractivity contribution in [2.45, 2.75) is 321 Å². The number of nitrogens with one attached hydrogen (secondary N) is 1. The Balaban J connectivity index is 3.53. The van der Waals surface area contributed by atoms with Crippen LogP contribution in [0.15, 0.2) is 72.9 Å². The van der Waals surface area contributed by atoms with Crippen molar-refractivity contribution in [3.05, 3.63) is 72.9 Å². The number of aliphatic hydroxyl groups excluding tert-OH is 2. The van der Waals surface area contributed by atoms with Gasteiger partial charge in [0.15, 0.2) is 0 Å². The van der Waals surface area contributed by atoms with E-state index < -0.39 is 12.1 Å². The predicted octanol–water partition coefficient (Wildman–Crippen LogP) is 20.1. The van der Waals surface area contributed by atoms with Crippen LogP contribution in [0.5, 0.6) is 0 Å². The van der Waals surface area contributed by atoms with Crippen LogP contribution in [0, 0.1) is 0 Å². The predicted molar refractivity (Wildman–Crippen MR) is 304 cm³/mol. The molecule has 1 amide bonds. The van der Waals surface area contributed by atoms with Gasteiger partial charge < -0.3 is 15.5 Å². The molecule has 4 nitrogen and oxygen atoms in total. The summed E-state index contributed by atoms with van der Waals surface area (Å²) >= 11 is 0. The van der Waals surface area contributed by atoms with Gasteiger partial charge in [-0.15, -0.1) is 0 Å². The summed E-state index contributed by atoms with van der Waals surface area (Å²) < 4.78 is 0. The second kappa shape index (κ2) is 59.1. The first-order chi connectivity index (χ1) is 33.7. The number of allylic oxidation sites excluding steroid dienone is 11. The van der Waals surface area contributed by atoms with E-state index in [0.717, 1.165) is 51.4 Å². The molecule has 0 rings (SSSR count). The molecule has 0 spiro atoms. The highest BCUT2D eigenvalue weighted by molar-refractivity contribution is 5.76. The maximum Gasteiger partial charge on any atom is 0.220 e. The molecule has 0 heterocycles. The van der Waals surface area contributed by atoms with Gasteiger partial charge in [-0.3, -0.25) is 4.79 Å². The smallest absolute Gasteiger partial charge is 0.220 e. The lowest BCUT2D eigenvalue weighted by Crippen LogP contribution is -2.45. The van der Waals surface area contributed by atoms with Crippen molar-refractivity contribution in [1.29, 1.82) is 0 Å². The van der Waals surface area contributed by atoms with Crippen LogP contribution in [0.4, 0.5) is 0 Å². The highest BCUT2D eigenvalue weighted by Gasteiger charge is 2.18. The molecule has 0 aliphatic rings. The van der Waals surface area contributed by atoms with Crippen molar-refractivity contribution in [3.63, 3.8) is 0 Å². The SMILES string of the molecule is CCCCCCC/C=C\C/C=C\C/C=C\CCCCCCCCCCCCCCCCCCCCC(=O)NC(CO)C(O)/C=C/CC/C=C/CC/C=C/CCCCCCCCCCCCCCC. The minimum absolute atomic E-state index is 0.0755. The lowest BCUT2D eigenvalue weighted by atomic mass is 10.0. The van der Waals surface area contributed by atoms with E-state index in [1.165, 1.54) is 238 Å². The molecule has 0 aliphatic carbocycles. The molecule has 68 heavy (non-hydrogen) atoms. The third kappa shape index (κ3) is 54.8. The van der Waals surface area contributed by atoms with Crippen LogP contribution in [0.3, 0.4) is 0 Å². The van der Waals surface area contributed by atoms with Crippen molar-refractivity contribution in [2.24, 2.45) is 0 Å². The first kappa shape index (κ1) is 65.8. The molecule has 4 heteroatoms. The van der Waals surface area contributed by atoms with Crippen LogP contribution in [-0.2, 0) is 4.79 Å². The van der Waals surface area contributed by atoms with Crippen LogP contribution in [-0.4, -0.2) is 34.9 Å². The summed E-state index contributed by atoms with van der Waals surface area (Å²) in [6, 6.07) is -0.649. The Bertz CT molecular complexity index is 1170. The second-order valence-electron chi connectivity index (χ2n) is 20.4. The zero-order valence-electron chi connectivity index (χ0n) is 45.6. The maximum absolute atomic E-state index is 12.5. The summed E-state index contributed by atoms with van der Waals surface area (Å²) in [5.41, 5.74) is 0. The fraction of sp³-hybridized carbons (Fsp3) is 0.797. The lowest BCUT2D eigenvalue weighted by molar-refractivity contribution is -0.123. The van der Waals surface area contributed by atoms with Crippen LogP contribution < -0.4 is 5.32 Å². The average molecular weight is 949 g/mol. The molecule has 0 aliphatic heterocycles. The van der Waals surface area contributed by atoms with Crippen LogP contribution in [0.25, 0.3) is 0 Å². The largest absolute Gasteiger partial charge is 0.394 e. The molecule has 0 saturated heterocycles. The molecule has 2 unspecified atom stereocenters. The standard InChI is InChI=1S/C64H117NO3/c1-3-5-7-9-11-13-15-17-19-21-23-25-27-28-29-30-31-32-33-34-35-36-38-40-42-44-46-48-50-52-54-56-58-60-64(68)65-62(61-66)63(67)59-57-55-53-51-49-47-45-43-41-39-37-26-24-22-20-18-16-14-12-10-8-6-4-2/h15,17,21,23,27-28,41,43,49,51,57,59,62-63,66-67H,3-14,16,18-20,22,24-26,29-40,42,44-48,50,52-56,58,60-61H2,1-2H3,(H,65,68)/b17-15-,23-21-,28-27-,43-41+,51-49+,59-57+. The molecule has 3 N–H and O–H groups in total. The Labute approximate surface area is 425 Å². The number of hydrogen-bond donors (Lipinski definition) is 3. The Morgan fingerprint density at radius 3 is 0.956 bits per heavy atom. The van der Waals surface area contributed by atoms with Gasteiger partial charge >= 0.3 is 0 Å². The number of aliphatic hydroxyl groups is 2. The van der Waals surface area contributed by atoms with Crippen molar-refractivity contribution < 1.29 is 15.0 Å². The first-order valence-corrected chi connectivity index (χ1v) is 30.2. The van der Waals surface area contributed by atoms with E-state index in [0.29, 0.717) is 6.42 Å². The monoisotopic (exact) mass is 948 g/mol. The number of unbranched alkanes of at least 4 members (excludes halogenated alkanes) is 38. The van der Waals surface area contributed by atoms with Crippen molar-refractivity contribution in [1.82, 2.24) is 5.32 Å². The third-order valence-electron chi connectivity index (χ3n) is 13.6. The van der Waals surface area contributed by atoms with Crippen LogP contribution >= 0.6 is 0 Å². The van der Waals surface area contributed by atoms with Gasteiger partial charge in [0.1, 0.15) is 0 Å². The fourth-order valence-electron chi connectivity index (χ4n) is 9.04.